The number of fused-ring (bicyclic) bond motifs is 1. The van der Waals surface area contributed by atoms with Crippen LogP contribution in [-0.2, 0) is 23.1 Å². The zero-order valence-electron chi connectivity index (χ0n) is 22.6. The predicted octanol–water partition coefficient (Wildman–Crippen LogP) is 5.56. The van der Waals surface area contributed by atoms with Crippen LogP contribution in [0.25, 0.3) is 11.1 Å². The van der Waals surface area contributed by atoms with Crippen molar-refractivity contribution >= 4 is 16.0 Å². The second-order valence-corrected chi connectivity index (χ2v) is 11.6. The summed E-state index contributed by atoms with van der Waals surface area (Å²) in [6, 6.07) is 30.9. The standard InChI is InChI=1S/C33H31N3O4S/c34-23-25-7-6-10-32(21-25)41(38,39)40-31-16-15-28-17-20-36(24-30(28)22-31)19-5-4-18-35-33(37)29-13-11-27(12-14-29)26-8-2-1-3-9-26/h1-3,6-16,21-22H,4-5,17-20,24H2,(H,35,37). The molecule has 41 heavy (non-hydrogen) atoms. The molecule has 1 N–H and O–H groups in total. The fourth-order valence-corrected chi connectivity index (χ4v) is 5.91. The van der Waals surface area contributed by atoms with Gasteiger partial charge in [-0.05, 0) is 90.5 Å². The van der Waals surface area contributed by atoms with Crippen LogP contribution in [0.15, 0.2) is 102 Å². The summed E-state index contributed by atoms with van der Waals surface area (Å²) >= 11 is 0. The largest absolute Gasteiger partial charge is 0.379 e. The minimum atomic E-state index is -4.05. The van der Waals surface area contributed by atoms with Crippen molar-refractivity contribution in [2.45, 2.75) is 30.7 Å². The molecule has 5 rings (SSSR count). The smallest absolute Gasteiger partial charge is 0.339 e. The molecule has 1 amide bonds. The lowest BCUT2D eigenvalue weighted by Crippen LogP contribution is -2.32. The Hall–Kier alpha value is -4.45. The van der Waals surface area contributed by atoms with E-state index in [4.69, 9.17) is 9.44 Å². The van der Waals surface area contributed by atoms with E-state index in [-0.39, 0.29) is 22.1 Å². The molecule has 0 saturated heterocycles. The Kier molecular flexibility index (Phi) is 8.78. The summed E-state index contributed by atoms with van der Waals surface area (Å²) in [5.74, 6) is 0.186. The van der Waals surface area contributed by atoms with Crippen LogP contribution in [-0.4, -0.2) is 38.9 Å². The molecule has 0 aliphatic carbocycles. The van der Waals surface area contributed by atoms with Gasteiger partial charge in [0.1, 0.15) is 10.6 Å². The van der Waals surface area contributed by atoms with E-state index in [2.05, 4.69) is 10.2 Å². The summed E-state index contributed by atoms with van der Waals surface area (Å²) in [7, 11) is -4.05. The van der Waals surface area contributed by atoms with Gasteiger partial charge >= 0.3 is 10.1 Å². The zero-order chi connectivity index (χ0) is 28.7. The van der Waals surface area contributed by atoms with Crippen molar-refractivity contribution in [2.75, 3.05) is 19.6 Å². The zero-order valence-corrected chi connectivity index (χ0v) is 23.4. The number of benzene rings is 4. The van der Waals surface area contributed by atoms with Crippen LogP contribution in [0.4, 0.5) is 0 Å². The lowest BCUT2D eigenvalue weighted by molar-refractivity contribution is 0.0952. The molecule has 0 atom stereocenters. The maximum Gasteiger partial charge on any atom is 0.339 e. The number of rotatable bonds is 10. The fraction of sp³-hybridized carbons (Fsp3) is 0.212. The quantitative estimate of drug-likeness (QED) is 0.200. The van der Waals surface area contributed by atoms with Gasteiger partial charge < -0.3 is 9.50 Å². The van der Waals surface area contributed by atoms with Crippen molar-refractivity contribution in [3.63, 3.8) is 0 Å². The first-order valence-electron chi connectivity index (χ1n) is 13.6. The first-order valence-corrected chi connectivity index (χ1v) is 15.0. The minimum Gasteiger partial charge on any atom is -0.379 e. The Morgan fingerprint density at radius 3 is 2.44 bits per heavy atom. The fourth-order valence-electron chi connectivity index (χ4n) is 4.94. The van der Waals surface area contributed by atoms with E-state index in [1.54, 1.807) is 18.2 Å². The molecule has 1 heterocycles. The van der Waals surface area contributed by atoms with E-state index in [0.717, 1.165) is 49.0 Å². The number of hydrogen-bond donors (Lipinski definition) is 1. The van der Waals surface area contributed by atoms with Gasteiger partial charge in [-0.25, -0.2) is 0 Å². The third kappa shape index (κ3) is 7.20. The first kappa shape index (κ1) is 28.1. The van der Waals surface area contributed by atoms with E-state index < -0.39 is 10.1 Å². The molecular formula is C33H31N3O4S. The van der Waals surface area contributed by atoms with Gasteiger partial charge in [0.25, 0.3) is 5.91 Å². The summed E-state index contributed by atoms with van der Waals surface area (Å²) in [4.78, 5) is 14.8. The van der Waals surface area contributed by atoms with Crippen molar-refractivity contribution in [2.24, 2.45) is 0 Å². The molecule has 7 nitrogen and oxygen atoms in total. The van der Waals surface area contributed by atoms with E-state index in [1.165, 1.54) is 23.8 Å². The van der Waals surface area contributed by atoms with Crippen LogP contribution >= 0.6 is 0 Å². The highest BCUT2D eigenvalue weighted by Crippen LogP contribution is 2.27. The van der Waals surface area contributed by atoms with Crippen molar-refractivity contribution in [1.29, 1.82) is 5.26 Å². The number of carbonyl (C=O) groups excluding carboxylic acids is 1. The molecule has 4 aromatic rings. The molecule has 208 valence electrons. The van der Waals surface area contributed by atoms with Gasteiger partial charge in [0, 0.05) is 25.2 Å². The Balaban J connectivity index is 1.08. The molecule has 8 heteroatoms. The number of nitriles is 1. The topological polar surface area (TPSA) is 99.5 Å². The molecular weight excluding hydrogens is 534 g/mol. The van der Waals surface area contributed by atoms with Crippen molar-refractivity contribution < 1.29 is 17.4 Å². The monoisotopic (exact) mass is 565 g/mol. The van der Waals surface area contributed by atoms with E-state index in [9.17, 15) is 13.2 Å². The number of carbonyl (C=O) groups is 1. The predicted molar refractivity (Wildman–Crippen MR) is 158 cm³/mol. The highest BCUT2D eigenvalue weighted by Gasteiger charge is 2.20. The van der Waals surface area contributed by atoms with Gasteiger partial charge in [0.2, 0.25) is 0 Å². The molecule has 0 spiro atoms. The number of hydrogen-bond acceptors (Lipinski definition) is 6. The van der Waals surface area contributed by atoms with Gasteiger partial charge in [-0.15, -0.1) is 0 Å². The van der Waals surface area contributed by atoms with E-state index in [1.807, 2.05) is 66.7 Å². The Bertz CT molecular complexity index is 1660. The molecule has 1 aliphatic heterocycles. The van der Waals surface area contributed by atoms with Gasteiger partial charge in [-0.1, -0.05) is 54.6 Å². The third-order valence-electron chi connectivity index (χ3n) is 7.17. The van der Waals surface area contributed by atoms with E-state index >= 15 is 0 Å². The molecule has 0 bridgehead atoms. The summed E-state index contributed by atoms with van der Waals surface area (Å²) in [6.07, 6.45) is 2.67. The van der Waals surface area contributed by atoms with Gasteiger partial charge in [-0.2, -0.15) is 13.7 Å². The maximum atomic E-state index is 12.7. The lowest BCUT2D eigenvalue weighted by atomic mass is 9.99. The van der Waals surface area contributed by atoms with Gasteiger partial charge in [0.15, 0.2) is 0 Å². The van der Waals surface area contributed by atoms with Crippen molar-refractivity contribution in [3.8, 4) is 22.9 Å². The molecule has 1 aliphatic rings. The second kappa shape index (κ2) is 12.8. The lowest BCUT2D eigenvalue weighted by Gasteiger charge is -2.29. The number of nitrogens with one attached hydrogen (secondary N) is 1. The van der Waals surface area contributed by atoms with Crippen LogP contribution in [0.5, 0.6) is 5.75 Å². The maximum absolute atomic E-state index is 12.7. The Labute approximate surface area is 241 Å². The average molecular weight is 566 g/mol. The van der Waals surface area contributed by atoms with Gasteiger partial charge in [-0.3, -0.25) is 9.69 Å². The Morgan fingerprint density at radius 2 is 1.66 bits per heavy atom. The SMILES string of the molecule is N#Cc1cccc(S(=O)(=O)Oc2ccc3c(c2)CN(CCCCNC(=O)c2ccc(-c4ccccc4)cc2)CC3)c1. The van der Waals surface area contributed by atoms with Crippen LogP contribution < -0.4 is 9.50 Å². The van der Waals surface area contributed by atoms with Crippen LogP contribution in [0.1, 0.15) is 39.9 Å². The molecule has 0 saturated carbocycles. The molecule has 0 radical (unpaired) electrons. The van der Waals surface area contributed by atoms with Crippen LogP contribution in [0, 0.1) is 11.3 Å². The highest BCUT2D eigenvalue weighted by atomic mass is 32.2. The van der Waals surface area contributed by atoms with E-state index in [0.29, 0.717) is 18.7 Å². The Morgan fingerprint density at radius 1 is 0.878 bits per heavy atom. The van der Waals surface area contributed by atoms with Crippen molar-refractivity contribution in [3.05, 3.63) is 119 Å². The summed E-state index contributed by atoms with van der Waals surface area (Å²) < 4.78 is 30.9. The van der Waals surface area contributed by atoms with Crippen LogP contribution in [0.3, 0.4) is 0 Å². The second-order valence-electron chi connectivity index (χ2n) is 10.0. The summed E-state index contributed by atoms with van der Waals surface area (Å²) in [5, 5.41) is 12.1. The highest BCUT2D eigenvalue weighted by molar-refractivity contribution is 7.87. The average Bonchev–Trinajstić information content (AvgIpc) is 3.01. The van der Waals surface area contributed by atoms with Crippen LogP contribution in [0.2, 0.25) is 0 Å². The number of unbranched alkanes of at least 4 members (excludes halogenated alkanes) is 1. The molecule has 0 aromatic heterocycles. The summed E-state index contributed by atoms with van der Waals surface area (Å²) in [6.45, 7) is 3.11. The summed E-state index contributed by atoms with van der Waals surface area (Å²) in [5.41, 5.74) is 5.33. The number of nitrogens with zero attached hydrogens (tertiary/aromatic N) is 2. The third-order valence-corrected chi connectivity index (χ3v) is 8.41. The molecule has 0 unspecified atom stereocenters. The molecule has 4 aromatic carbocycles. The van der Waals surface area contributed by atoms with Gasteiger partial charge in [0.05, 0.1) is 11.6 Å². The normalized spacial score (nSPS) is 13.1. The molecule has 0 fully saturated rings. The number of amides is 1. The van der Waals surface area contributed by atoms with Crippen molar-refractivity contribution in [1.82, 2.24) is 10.2 Å². The first-order chi connectivity index (χ1) is 19.9. The minimum absolute atomic E-state index is 0.0489.